The van der Waals surface area contributed by atoms with Crippen LogP contribution in [0.25, 0.3) is 0 Å². The normalized spacial score (nSPS) is 29.6. The van der Waals surface area contributed by atoms with E-state index < -0.39 is 0 Å². The van der Waals surface area contributed by atoms with Crippen LogP contribution in [0, 0.1) is 0 Å². The van der Waals surface area contributed by atoms with Gasteiger partial charge in [-0.2, -0.15) is 0 Å². The van der Waals surface area contributed by atoms with Crippen LogP contribution in [-0.2, 0) is 4.74 Å². The molecule has 2 fully saturated rings. The molecule has 2 aliphatic rings. The minimum absolute atomic E-state index is 0.212. The first-order valence-corrected chi connectivity index (χ1v) is 5.77. The lowest BCUT2D eigenvalue weighted by atomic mass is 9.86. The highest BCUT2D eigenvalue weighted by Crippen LogP contribution is 2.42. The van der Waals surface area contributed by atoms with Gasteiger partial charge in [0.25, 0.3) is 0 Å². The highest BCUT2D eigenvalue weighted by atomic mass is 16.5. The van der Waals surface area contributed by atoms with E-state index in [9.17, 15) is 0 Å². The third-order valence-corrected chi connectivity index (χ3v) is 3.77. The molecule has 1 spiro atoms. The van der Waals surface area contributed by atoms with Crippen molar-refractivity contribution in [1.82, 2.24) is 0 Å². The summed E-state index contributed by atoms with van der Waals surface area (Å²) in [6.45, 7) is 3.79. The summed E-state index contributed by atoms with van der Waals surface area (Å²) in [5.74, 6) is 0. The highest BCUT2D eigenvalue weighted by molar-refractivity contribution is 5.18. The van der Waals surface area contributed by atoms with Crippen LogP contribution in [0.2, 0.25) is 0 Å². The summed E-state index contributed by atoms with van der Waals surface area (Å²) in [7, 11) is 0. The van der Waals surface area contributed by atoms with Crippen LogP contribution in [0.5, 0.6) is 0 Å². The Labute approximate surface area is 86.5 Å². The number of hydrogen-bond donors (Lipinski definition) is 1. The Hall–Kier alpha value is -0.340. The molecule has 0 aromatic heterocycles. The minimum atomic E-state index is 0.212. The molecule has 0 aromatic rings. The smallest absolute Gasteiger partial charge is 0.0719 e. The van der Waals surface area contributed by atoms with Crippen LogP contribution in [0.15, 0.2) is 11.1 Å². The molecule has 0 atom stereocenters. The van der Waals surface area contributed by atoms with Crippen LogP contribution < -0.4 is 5.73 Å². The van der Waals surface area contributed by atoms with Crippen LogP contribution in [-0.4, -0.2) is 18.8 Å². The quantitative estimate of drug-likeness (QED) is 0.652. The third-order valence-electron chi connectivity index (χ3n) is 3.77. The van der Waals surface area contributed by atoms with Crippen LogP contribution >= 0.6 is 0 Å². The summed E-state index contributed by atoms with van der Waals surface area (Å²) >= 11 is 0. The fourth-order valence-electron chi connectivity index (χ4n) is 2.77. The van der Waals surface area contributed by atoms with Gasteiger partial charge in [0.2, 0.25) is 0 Å². The molecule has 1 saturated carbocycles. The standard InChI is InChI=1S/C12H21NO/c1-10(9-13)11-4-7-14-12(8-11)5-2-3-6-12/h2-9,13H2,1H3. The molecule has 0 unspecified atom stereocenters. The molecule has 0 aromatic carbocycles. The average molecular weight is 195 g/mol. The first-order chi connectivity index (χ1) is 6.76. The maximum atomic E-state index is 5.98. The molecule has 1 saturated heterocycles. The molecule has 2 rings (SSSR count). The Bertz CT molecular complexity index is 239. The van der Waals surface area contributed by atoms with Crippen molar-refractivity contribution in [2.45, 2.75) is 51.0 Å². The second-order valence-corrected chi connectivity index (χ2v) is 4.75. The molecular formula is C12H21NO. The summed E-state index contributed by atoms with van der Waals surface area (Å²) in [5.41, 5.74) is 8.86. The first kappa shape index (κ1) is 10.2. The molecule has 14 heavy (non-hydrogen) atoms. The Kier molecular flexibility index (Phi) is 2.93. The van der Waals surface area contributed by atoms with E-state index in [1.807, 2.05) is 0 Å². The van der Waals surface area contributed by atoms with Crippen molar-refractivity contribution < 1.29 is 4.74 Å². The van der Waals surface area contributed by atoms with Gasteiger partial charge in [-0.15, -0.1) is 0 Å². The Balaban J connectivity index is 2.10. The summed E-state index contributed by atoms with van der Waals surface area (Å²) < 4.78 is 5.98. The largest absolute Gasteiger partial charge is 0.374 e. The lowest BCUT2D eigenvalue weighted by Crippen LogP contribution is -2.34. The molecule has 1 aliphatic heterocycles. The summed E-state index contributed by atoms with van der Waals surface area (Å²) in [5, 5.41) is 0. The minimum Gasteiger partial charge on any atom is -0.374 e. The third kappa shape index (κ3) is 1.86. The summed E-state index contributed by atoms with van der Waals surface area (Å²) in [4.78, 5) is 0. The van der Waals surface area contributed by atoms with E-state index >= 15 is 0 Å². The van der Waals surface area contributed by atoms with Gasteiger partial charge in [-0.05, 0) is 32.6 Å². The molecule has 2 heteroatoms. The van der Waals surface area contributed by atoms with Gasteiger partial charge in [0.15, 0.2) is 0 Å². The first-order valence-electron chi connectivity index (χ1n) is 5.77. The number of nitrogens with two attached hydrogens (primary N) is 1. The van der Waals surface area contributed by atoms with E-state index in [1.165, 1.54) is 31.3 Å². The maximum Gasteiger partial charge on any atom is 0.0719 e. The Morgan fingerprint density at radius 2 is 2.14 bits per heavy atom. The van der Waals surface area contributed by atoms with Crippen molar-refractivity contribution in [2.24, 2.45) is 5.73 Å². The monoisotopic (exact) mass is 195 g/mol. The predicted molar refractivity (Wildman–Crippen MR) is 58.1 cm³/mol. The van der Waals surface area contributed by atoms with Crippen LogP contribution in [0.1, 0.15) is 45.4 Å². The number of rotatable bonds is 1. The van der Waals surface area contributed by atoms with Crippen molar-refractivity contribution in [3.05, 3.63) is 11.1 Å². The van der Waals surface area contributed by atoms with E-state index in [-0.39, 0.29) is 5.60 Å². The molecule has 1 aliphatic carbocycles. The van der Waals surface area contributed by atoms with E-state index in [2.05, 4.69) is 6.92 Å². The van der Waals surface area contributed by atoms with Gasteiger partial charge < -0.3 is 10.5 Å². The fraction of sp³-hybridized carbons (Fsp3) is 0.833. The summed E-state index contributed by atoms with van der Waals surface area (Å²) in [6.07, 6.45) is 7.45. The van der Waals surface area contributed by atoms with Gasteiger partial charge in [-0.3, -0.25) is 0 Å². The molecule has 0 bridgehead atoms. The molecule has 1 heterocycles. The van der Waals surface area contributed by atoms with Crippen molar-refractivity contribution in [3.63, 3.8) is 0 Å². The summed E-state index contributed by atoms with van der Waals surface area (Å²) in [6, 6.07) is 0. The molecule has 2 N–H and O–H groups in total. The van der Waals surface area contributed by atoms with Gasteiger partial charge in [-0.1, -0.05) is 24.0 Å². The molecule has 2 nitrogen and oxygen atoms in total. The lowest BCUT2D eigenvalue weighted by Gasteiger charge is -2.36. The van der Waals surface area contributed by atoms with Gasteiger partial charge >= 0.3 is 0 Å². The van der Waals surface area contributed by atoms with Crippen molar-refractivity contribution in [3.8, 4) is 0 Å². The zero-order chi connectivity index (χ0) is 10.0. The van der Waals surface area contributed by atoms with Gasteiger partial charge in [-0.25, -0.2) is 0 Å². The SMILES string of the molecule is CC(CN)=C1CCOC2(CCCC2)C1. The van der Waals surface area contributed by atoms with Crippen molar-refractivity contribution in [2.75, 3.05) is 13.2 Å². The van der Waals surface area contributed by atoms with Crippen LogP contribution in [0.3, 0.4) is 0 Å². The van der Waals surface area contributed by atoms with E-state index in [1.54, 1.807) is 5.57 Å². The Morgan fingerprint density at radius 1 is 1.43 bits per heavy atom. The lowest BCUT2D eigenvalue weighted by molar-refractivity contribution is -0.0562. The Morgan fingerprint density at radius 3 is 2.79 bits per heavy atom. The van der Waals surface area contributed by atoms with Gasteiger partial charge in [0.05, 0.1) is 12.2 Å². The topological polar surface area (TPSA) is 35.2 Å². The molecule has 0 amide bonds. The molecule has 0 radical (unpaired) electrons. The maximum absolute atomic E-state index is 5.98. The van der Waals surface area contributed by atoms with E-state index in [4.69, 9.17) is 10.5 Å². The second kappa shape index (κ2) is 4.03. The predicted octanol–water partition coefficient (Wildman–Crippen LogP) is 2.38. The van der Waals surface area contributed by atoms with Crippen molar-refractivity contribution in [1.29, 1.82) is 0 Å². The van der Waals surface area contributed by atoms with Crippen molar-refractivity contribution >= 4 is 0 Å². The zero-order valence-electron chi connectivity index (χ0n) is 9.14. The average Bonchev–Trinajstić information content (AvgIpc) is 2.65. The number of hydrogen-bond acceptors (Lipinski definition) is 2. The highest BCUT2D eigenvalue weighted by Gasteiger charge is 2.38. The van der Waals surface area contributed by atoms with Crippen LogP contribution in [0.4, 0.5) is 0 Å². The van der Waals surface area contributed by atoms with E-state index in [0.717, 1.165) is 19.4 Å². The van der Waals surface area contributed by atoms with Gasteiger partial charge in [0.1, 0.15) is 0 Å². The number of ether oxygens (including phenoxy) is 1. The van der Waals surface area contributed by atoms with E-state index in [0.29, 0.717) is 6.54 Å². The second-order valence-electron chi connectivity index (χ2n) is 4.75. The fourth-order valence-corrected chi connectivity index (χ4v) is 2.77. The molecule has 80 valence electrons. The van der Waals surface area contributed by atoms with Gasteiger partial charge in [0, 0.05) is 6.54 Å². The zero-order valence-corrected chi connectivity index (χ0v) is 9.14. The molecular weight excluding hydrogens is 174 g/mol.